The topological polar surface area (TPSA) is 45.3 Å². The van der Waals surface area contributed by atoms with Gasteiger partial charge in [0.25, 0.3) is 0 Å². The van der Waals surface area contributed by atoms with E-state index in [2.05, 4.69) is 66.0 Å². The molecule has 0 atom stereocenters. The van der Waals surface area contributed by atoms with Gasteiger partial charge in [-0.2, -0.15) is 0 Å². The molecule has 5 nitrogen and oxygen atoms in total. The summed E-state index contributed by atoms with van der Waals surface area (Å²) in [5, 5.41) is 8.98. The number of imidazole rings is 1. The molecule has 0 amide bonds. The van der Waals surface area contributed by atoms with Crippen molar-refractivity contribution < 1.29 is 0 Å². The second kappa shape index (κ2) is 7.05. The van der Waals surface area contributed by atoms with E-state index in [0.29, 0.717) is 0 Å². The minimum Gasteiger partial charge on any atom is -0.372 e. The first-order valence-corrected chi connectivity index (χ1v) is 8.76. The van der Waals surface area contributed by atoms with Crippen LogP contribution in [0, 0.1) is 20.8 Å². The van der Waals surface area contributed by atoms with E-state index in [4.69, 9.17) is 0 Å². The molecule has 0 aliphatic carbocycles. The molecule has 0 N–H and O–H groups in total. The lowest BCUT2D eigenvalue weighted by Crippen LogP contribution is -2.21. The van der Waals surface area contributed by atoms with Crippen molar-refractivity contribution in [2.75, 3.05) is 18.0 Å². The lowest BCUT2D eigenvalue weighted by Gasteiger charge is -2.21. The predicted octanol–water partition coefficient (Wildman–Crippen LogP) is 5.52. The average molecular weight is 335 g/mol. The molecule has 0 aliphatic rings. The number of rotatable bonds is 5. The van der Waals surface area contributed by atoms with Gasteiger partial charge in [-0.1, -0.05) is 6.07 Å². The third-order valence-electron chi connectivity index (χ3n) is 4.55. The molecular formula is C20H25N5. The minimum absolute atomic E-state index is 0.783. The van der Waals surface area contributed by atoms with Crippen LogP contribution in [-0.4, -0.2) is 22.5 Å². The predicted molar refractivity (Wildman–Crippen MR) is 104 cm³/mol. The highest BCUT2D eigenvalue weighted by atomic mass is 15.2. The Balaban J connectivity index is 1.95. The summed E-state index contributed by atoms with van der Waals surface area (Å²) < 4.78 is 1.99. The Labute approximate surface area is 149 Å². The largest absolute Gasteiger partial charge is 0.372 e. The summed E-state index contributed by atoms with van der Waals surface area (Å²) in [6.45, 7) is 12.4. The average Bonchev–Trinajstić information content (AvgIpc) is 2.92. The molecule has 3 rings (SSSR count). The first-order valence-electron chi connectivity index (χ1n) is 8.76. The lowest BCUT2D eigenvalue weighted by atomic mass is 10.1. The smallest absolute Gasteiger partial charge is 0.182 e. The number of nitrogens with zero attached hydrogens (tertiary/aromatic N) is 5. The van der Waals surface area contributed by atoms with Gasteiger partial charge < -0.3 is 4.90 Å². The molecular weight excluding hydrogens is 310 g/mol. The van der Waals surface area contributed by atoms with Crippen LogP contribution in [0.4, 0.5) is 17.2 Å². The standard InChI is InChI=1S/C20H25N5/c1-6-24(7-2)17-10-11-18(15(4)13-17)22-23-20-16(5)21-19-14(3)9-8-12-25(19)20/h8-13H,6-7H2,1-5H3. The zero-order valence-electron chi connectivity index (χ0n) is 15.6. The maximum absolute atomic E-state index is 4.61. The summed E-state index contributed by atoms with van der Waals surface area (Å²) in [5.41, 5.74) is 6.18. The van der Waals surface area contributed by atoms with Crippen molar-refractivity contribution in [2.45, 2.75) is 34.6 Å². The Morgan fingerprint density at radius 3 is 2.44 bits per heavy atom. The Morgan fingerprint density at radius 1 is 1.00 bits per heavy atom. The molecule has 3 aromatic rings. The van der Waals surface area contributed by atoms with Crippen LogP contribution in [0.25, 0.3) is 5.65 Å². The van der Waals surface area contributed by atoms with Crippen molar-refractivity contribution >= 4 is 22.8 Å². The second-order valence-electron chi connectivity index (χ2n) is 6.25. The van der Waals surface area contributed by atoms with Crippen LogP contribution >= 0.6 is 0 Å². The molecule has 0 radical (unpaired) electrons. The van der Waals surface area contributed by atoms with Crippen molar-refractivity contribution in [3.63, 3.8) is 0 Å². The van der Waals surface area contributed by atoms with Gasteiger partial charge in [-0.3, -0.25) is 4.40 Å². The van der Waals surface area contributed by atoms with E-state index in [1.165, 1.54) is 5.69 Å². The van der Waals surface area contributed by atoms with Crippen LogP contribution in [0.1, 0.15) is 30.7 Å². The number of aromatic nitrogens is 2. The maximum Gasteiger partial charge on any atom is 0.182 e. The van der Waals surface area contributed by atoms with Gasteiger partial charge in [0, 0.05) is 25.0 Å². The summed E-state index contributed by atoms with van der Waals surface area (Å²) in [4.78, 5) is 6.93. The van der Waals surface area contributed by atoms with E-state index in [1.807, 2.05) is 29.7 Å². The van der Waals surface area contributed by atoms with Crippen LogP contribution < -0.4 is 4.90 Å². The number of hydrogen-bond donors (Lipinski definition) is 0. The monoisotopic (exact) mass is 335 g/mol. The molecule has 2 heterocycles. The van der Waals surface area contributed by atoms with Crippen LogP contribution in [0.5, 0.6) is 0 Å². The zero-order valence-corrected chi connectivity index (χ0v) is 15.6. The Hall–Kier alpha value is -2.69. The maximum atomic E-state index is 4.61. The van der Waals surface area contributed by atoms with Gasteiger partial charge >= 0.3 is 0 Å². The van der Waals surface area contributed by atoms with Crippen molar-refractivity contribution in [1.82, 2.24) is 9.38 Å². The molecule has 2 aromatic heterocycles. The molecule has 0 bridgehead atoms. The number of fused-ring (bicyclic) bond motifs is 1. The summed E-state index contributed by atoms with van der Waals surface area (Å²) in [6.07, 6.45) is 1.98. The highest BCUT2D eigenvalue weighted by Gasteiger charge is 2.10. The van der Waals surface area contributed by atoms with E-state index in [-0.39, 0.29) is 0 Å². The van der Waals surface area contributed by atoms with Crippen LogP contribution in [0.2, 0.25) is 0 Å². The van der Waals surface area contributed by atoms with Crippen molar-refractivity contribution in [3.8, 4) is 0 Å². The SMILES string of the molecule is CCN(CC)c1ccc(N=Nc2c(C)nc3c(C)cccn23)c(C)c1. The Kier molecular flexibility index (Phi) is 4.83. The first kappa shape index (κ1) is 17.1. The molecule has 1 aromatic carbocycles. The van der Waals surface area contributed by atoms with Gasteiger partial charge in [0.15, 0.2) is 5.82 Å². The van der Waals surface area contributed by atoms with Crippen LogP contribution in [0.3, 0.4) is 0 Å². The molecule has 5 heteroatoms. The Bertz CT molecular complexity index is 919. The molecule has 0 unspecified atom stereocenters. The number of benzene rings is 1. The quantitative estimate of drug-likeness (QED) is 0.576. The highest BCUT2D eigenvalue weighted by Crippen LogP contribution is 2.28. The molecule has 0 saturated carbocycles. The molecule has 25 heavy (non-hydrogen) atoms. The van der Waals surface area contributed by atoms with Crippen LogP contribution in [-0.2, 0) is 0 Å². The molecule has 0 spiro atoms. The lowest BCUT2D eigenvalue weighted by molar-refractivity contribution is 0.865. The van der Waals surface area contributed by atoms with Gasteiger partial charge in [-0.05, 0) is 70.0 Å². The summed E-state index contributed by atoms with van der Waals surface area (Å²) in [7, 11) is 0. The minimum atomic E-state index is 0.783. The number of aryl methyl sites for hydroxylation is 3. The van der Waals surface area contributed by atoms with Gasteiger partial charge in [-0.15, -0.1) is 10.2 Å². The van der Waals surface area contributed by atoms with E-state index in [9.17, 15) is 0 Å². The number of azo groups is 1. The number of pyridine rings is 1. The zero-order chi connectivity index (χ0) is 18.0. The highest BCUT2D eigenvalue weighted by molar-refractivity contribution is 5.59. The number of anilines is 1. The van der Waals surface area contributed by atoms with Gasteiger partial charge in [0.1, 0.15) is 5.65 Å². The van der Waals surface area contributed by atoms with E-state index in [1.54, 1.807) is 0 Å². The van der Waals surface area contributed by atoms with Crippen molar-refractivity contribution in [2.24, 2.45) is 10.2 Å². The molecule has 0 fully saturated rings. The van der Waals surface area contributed by atoms with Gasteiger partial charge in [-0.25, -0.2) is 4.98 Å². The van der Waals surface area contributed by atoms with E-state index < -0.39 is 0 Å². The Morgan fingerprint density at radius 2 is 1.76 bits per heavy atom. The van der Waals surface area contributed by atoms with E-state index >= 15 is 0 Å². The molecule has 0 aliphatic heterocycles. The third kappa shape index (κ3) is 3.27. The fourth-order valence-corrected chi connectivity index (χ4v) is 3.06. The van der Waals surface area contributed by atoms with Gasteiger partial charge in [0.2, 0.25) is 0 Å². The molecule has 0 saturated heterocycles. The van der Waals surface area contributed by atoms with Crippen LogP contribution in [0.15, 0.2) is 46.8 Å². The molecule has 130 valence electrons. The van der Waals surface area contributed by atoms with Crippen molar-refractivity contribution in [3.05, 3.63) is 53.3 Å². The second-order valence-corrected chi connectivity index (χ2v) is 6.25. The fraction of sp³-hybridized carbons (Fsp3) is 0.350. The summed E-state index contributed by atoms with van der Waals surface area (Å²) in [6, 6.07) is 10.4. The first-order chi connectivity index (χ1) is 12.0. The fourth-order valence-electron chi connectivity index (χ4n) is 3.06. The summed E-state index contributed by atoms with van der Waals surface area (Å²) in [5.74, 6) is 0.783. The number of hydrogen-bond acceptors (Lipinski definition) is 4. The van der Waals surface area contributed by atoms with Gasteiger partial charge in [0.05, 0.1) is 11.4 Å². The third-order valence-corrected chi connectivity index (χ3v) is 4.55. The normalized spacial score (nSPS) is 11.6. The van der Waals surface area contributed by atoms with Crippen molar-refractivity contribution in [1.29, 1.82) is 0 Å². The van der Waals surface area contributed by atoms with E-state index in [0.717, 1.165) is 47.1 Å². The summed E-state index contributed by atoms with van der Waals surface area (Å²) >= 11 is 0.